The van der Waals surface area contributed by atoms with Gasteiger partial charge in [-0.2, -0.15) is 4.31 Å². The van der Waals surface area contributed by atoms with E-state index in [2.05, 4.69) is 24.2 Å². The first-order valence-electron chi connectivity index (χ1n) is 8.54. The van der Waals surface area contributed by atoms with Crippen LogP contribution in [0.4, 0.5) is 0 Å². The molecule has 0 spiro atoms. The minimum Gasteiger partial charge on any atom is -0.379 e. The Morgan fingerprint density at radius 3 is 2.56 bits per heavy atom. The summed E-state index contributed by atoms with van der Waals surface area (Å²) >= 11 is 0. The molecule has 0 saturated carbocycles. The summed E-state index contributed by atoms with van der Waals surface area (Å²) in [6.07, 6.45) is 0. The summed E-state index contributed by atoms with van der Waals surface area (Å²) in [5, 5.41) is 3.06. The van der Waals surface area contributed by atoms with Crippen LogP contribution in [0.25, 0.3) is 0 Å². The zero-order valence-electron chi connectivity index (χ0n) is 14.9. The molecular weight excluding hydrogens is 340 g/mol. The number of nitrogens with zero attached hydrogens (tertiary/aromatic N) is 2. The molecule has 1 fully saturated rings. The molecule has 1 aromatic carbocycles. The predicted octanol–water partition coefficient (Wildman–Crippen LogP) is 0.909. The molecule has 1 aromatic rings. The van der Waals surface area contributed by atoms with Crippen molar-refractivity contribution in [3.8, 4) is 0 Å². The first-order chi connectivity index (χ1) is 11.9. The minimum atomic E-state index is -3.36. The summed E-state index contributed by atoms with van der Waals surface area (Å²) in [4.78, 5) is 4.32. The number of benzene rings is 1. The molecule has 140 valence electrons. The van der Waals surface area contributed by atoms with E-state index in [1.165, 1.54) is 4.31 Å². The van der Waals surface area contributed by atoms with Gasteiger partial charge in [0, 0.05) is 19.6 Å². The molecule has 0 atom stereocenters. The van der Waals surface area contributed by atoms with Gasteiger partial charge in [0.15, 0.2) is 5.96 Å². The van der Waals surface area contributed by atoms with E-state index in [1.807, 2.05) is 24.3 Å². The second-order valence-corrected chi connectivity index (χ2v) is 8.48. The highest BCUT2D eigenvalue weighted by Crippen LogP contribution is 2.17. The molecule has 8 heteroatoms. The van der Waals surface area contributed by atoms with Gasteiger partial charge >= 0.3 is 0 Å². The largest absolute Gasteiger partial charge is 0.379 e. The lowest BCUT2D eigenvalue weighted by Gasteiger charge is -2.26. The number of hydrogen-bond donors (Lipinski definition) is 2. The number of morpholine rings is 1. The molecule has 3 N–H and O–H groups in total. The second-order valence-electron chi connectivity index (χ2n) is 6.51. The number of ether oxygens (including phenoxy) is 1. The van der Waals surface area contributed by atoms with Gasteiger partial charge < -0.3 is 15.8 Å². The van der Waals surface area contributed by atoms with Crippen LogP contribution < -0.4 is 11.1 Å². The number of guanidine groups is 1. The molecule has 1 aliphatic heterocycles. The van der Waals surface area contributed by atoms with Crippen molar-refractivity contribution in [2.45, 2.75) is 26.1 Å². The lowest BCUT2D eigenvalue weighted by atomic mass is 10.1. The maximum atomic E-state index is 12.6. The van der Waals surface area contributed by atoms with Gasteiger partial charge in [0.05, 0.1) is 25.5 Å². The molecule has 0 radical (unpaired) electrons. The minimum absolute atomic E-state index is 0.0297. The van der Waals surface area contributed by atoms with Gasteiger partial charge in [0.1, 0.15) is 0 Å². The van der Waals surface area contributed by atoms with Gasteiger partial charge in [0.25, 0.3) is 0 Å². The zero-order chi connectivity index (χ0) is 18.3. The zero-order valence-corrected chi connectivity index (χ0v) is 15.8. The van der Waals surface area contributed by atoms with Gasteiger partial charge in [-0.05, 0) is 17.0 Å². The monoisotopic (exact) mass is 368 g/mol. The lowest BCUT2D eigenvalue weighted by Crippen LogP contribution is -2.41. The summed E-state index contributed by atoms with van der Waals surface area (Å²) in [5.74, 6) is 0.817. The van der Waals surface area contributed by atoms with Crippen LogP contribution >= 0.6 is 0 Å². The Balaban J connectivity index is 2.06. The maximum Gasteiger partial charge on any atom is 0.218 e. The fraction of sp³-hybridized carbons (Fsp3) is 0.588. The smallest absolute Gasteiger partial charge is 0.218 e. The molecule has 0 aliphatic carbocycles. The summed E-state index contributed by atoms with van der Waals surface area (Å²) in [5.41, 5.74) is 7.49. The van der Waals surface area contributed by atoms with Crippen molar-refractivity contribution in [1.29, 1.82) is 0 Å². The fourth-order valence-electron chi connectivity index (χ4n) is 2.50. The number of nitrogens with one attached hydrogen (secondary N) is 1. The Kier molecular flexibility index (Phi) is 7.22. The highest BCUT2D eigenvalue weighted by molar-refractivity contribution is 7.88. The quantitative estimate of drug-likeness (QED) is 0.551. The Hall–Kier alpha value is -1.64. The standard InChI is InChI=1S/C17H28N4O3S/c1-14(2)11-19-17(18)20-12-15-5-3-4-6-16(15)13-25(22,23)21-7-9-24-10-8-21/h3-6,14H,7-13H2,1-2H3,(H3,18,19,20). The third-order valence-corrected chi connectivity index (χ3v) is 5.76. The fourth-order valence-corrected chi connectivity index (χ4v) is 4.06. The molecule has 0 unspecified atom stereocenters. The molecule has 0 bridgehead atoms. The van der Waals surface area contributed by atoms with Crippen LogP contribution in [0.3, 0.4) is 0 Å². The molecule has 0 aromatic heterocycles. The molecule has 0 amide bonds. The number of nitrogens with two attached hydrogens (primary N) is 1. The summed E-state index contributed by atoms with van der Waals surface area (Å²) in [7, 11) is -3.36. The van der Waals surface area contributed by atoms with E-state index < -0.39 is 10.0 Å². The van der Waals surface area contributed by atoms with Crippen molar-refractivity contribution in [2.24, 2.45) is 16.6 Å². The third-order valence-electron chi connectivity index (χ3n) is 3.93. The van der Waals surface area contributed by atoms with Crippen molar-refractivity contribution < 1.29 is 13.2 Å². The van der Waals surface area contributed by atoms with Crippen LogP contribution in [-0.4, -0.2) is 51.5 Å². The van der Waals surface area contributed by atoms with Crippen molar-refractivity contribution in [2.75, 3.05) is 32.8 Å². The van der Waals surface area contributed by atoms with Crippen molar-refractivity contribution in [1.82, 2.24) is 9.62 Å². The van der Waals surface area contributed by atoms with Gasteiger partial charge in [-0.15, -0.1) is 0 Å². The van der Waals surface area contributed by atoms with Crippen molar-refractivity contribution >= 4 is 16.0 Å². The number of hydrogen-bond acceptors (Lipinski definition) is 4. The number of rotatable bonds is 7. The van der Waals surface area contributed by atoms with Gasteiger partial charge in [-0.3, -0.25) is 0 Å². The maximum absolute atomic E-state index is 12.6. The van der Waals surface area contributed by atoms with Crippen LogP contribution in [0.5, 0.6) is 0 Å². The van der Waals surface area contributed by atoms with E-state index >= 15 is 0 Å². The number of sulfonamides is 1. The normalized spacial score (nSPS) is 17.0. The lowest BCUT2D eigenvalue weighted by molar-refractivity contribution is 0.0729. The average Bonchev–Trinajstić information content (AvgIpc) is 2.59. The van der Waals surface area contributed by atoms with Crippen molar-refractivity contribution in [3.63, 3.8) is 0 Å². The van der Waals surface area contributed by atoms with E-state index in [0.29, 0.717) is 44.7 Å². The highest BCUT2D eigenvalue weighted by Gasteiger charge is 2.25. The van der Waals surface area contributed by atoms with Crippen LogP contribution in [0, 0.1) is 5.92 Å². The first-order valence-corrected chi connectivity index (χ1v) is 10.2. The van der Waals surface area contributed by atoms with Crippen LogP contribution in [-0.2, 0) is 27.1 Å². The summed E-state index contributed by atoms with van der Waals surface area (Å²) < 4.78 is 32.0. The van der Waals surface area contributed by atoms with E-state index in [0.717, 1.165) is 17.7 Å². The Bertz CT molecular complexity index is 683. The predicted molar refractivity (Wildman–Crippen MR) is 99.6 cm³/mol. The van der Waals surface area contributed by atoms with E-state index in [9.17, 15) is 8.42 Å². The first kappa shape index (κ1) is 19.7. The van der Waals surface area contributed by atoms with Gasteiger partial charge in [0.2, 0.25) is 10.0 Å². The highest BCUT2D eigenvalue weighted by atomic mass is 32.2. The van der Waals surface area contributed by atoms with Crippen LogP contribution in [0.15, 0.2) is 29.3 Å². The van der Waals surface area contributed by atoms with Gasteiger partial charge in [-0.1, -0.05) is 38.1 Å². The van der Waals surface area contributed by atoms with E-state index in [1.54, 1.807) is 0 Å². The van der Waals surface area contributed by atoms with Gasteiger partial charge in [-0.25, -0.2) is 13.4 Å². The Morgan fingerprint density at radius 2 is 1.92 bits per heavy atom. The SMILES string of the molecule is CC(C)CNC(N)=NCc1ccccc1CS(=O)(=O)N1CCOCC1. The van der Waals surface area contributed by atoms with E-state index in [4.69, 9.17) is 10.5 Å². The Morgan fingerprint density at radius 1 is 1.28 bits per heavy atom. The summed E-state index contributed by atoms with van der Waals surface area (Å²) in [6.45, 7) is 7.00. The molecule has 2 rings (SSSR count). The topological polar surface area (TPSA) is 97.0 Å². The molecule has 25 heavy (non-hydrogen) atoms. The average molecular weight is 369 g/mol. The molecular formula is C17H28N4O3S. The number of aliphatic imine (C=N–C) groups is 1. The molecule has 1 heterocycles. The molecule has 7 nitrogen and oxygen atoms in total. The van der Waals surface area contributed by atoms with Crippen LogP contribution in [0.1, 0.15) is 25.0 Å². The second kappa shape index (κ2) is 9.17. The Labute approximate surface area is 150 Å². The van der Waals surface area contributed by atoms with E-state index in [-0.39, 0.29) is 5.75 Å². The van der Waals surface area contributed by atoms with Crippen molar-refractivity contribution in [3.05, 3.63) is 35.4 Å². The summed E-state index contributed by atoms with van der Waals surface area (Å²) in [6, 6.07) is 7.45. The molecule has 1 saturated heterocycles. The third kappa shape index (κ3) is 6.30. The molecule has 1 aliphatic rings. The van der Waals surface area contributed by atoms with Crippen LogP contribution in [0.2, 0.25) is 0 Å².